The molecule has 0 aliphatic carbocycles. The first-order valence-corrected chi connectivity index (χ1v) is 2.85. The zero-order valence-electron chi connectivity index (χ0n) is 5.56. The lowest BCUT2D eigenvalue weighted by atomic mass is 10.6. The topological polar surface area (TPSA) is 83.6 Å². The van der Waals surface area contributed by atoms with Crippen molar-refractivity contribution in [3.8, 4) is 6.19 Å². The van der Waals surface area contributed by atoms with E-state index in [-0.39, 0.29) is 6.54 Å². The van der Waals surface area contributed by atoms with Crippen molar-refractivity contribution in [2.45, 2.75) is 6.54 Å². The van der Waals surface area contributed by atoms with Crippen molar-refractivity contribution in [1.29, 1.82) is 5.26 Å². The average Bonchev–Trinajstić information content (AvgIpc) is 2.40. The number of amides is 1. The van der Waals surface area contributed by atoms with Crippen molar-refractivity contribution in [2.75, 3.05) is 0 Å². The van der Waals surface area contributed by atoms with E-state index in [1.165, 1.54) is 23.3 Å². The van der Waals surface area contributed by atoms with E-state index >= 15 is 0 Å². The molecule has 0 radical (unpaired) electrons. The molecule has 11 heavy (non-hydrogen) atoms. The number of nitriles is 1. The summed E-state index contributed by atoms with van der Waals surface area (Å²) in [7, 11) is 0. The molecule has 0 aliphatic rings. The number of aromatic nitrogens is 3. The van der Waals surface area contributed by atoms with Crippen molar-refractivity contribution < 1.29 is 4.79 Å². The summed E-state index contributed by atoms with van der Waals surface area (Å²) in [5.74, 6) is -0.405. The Morgan fingerprint density at radius 2 is 2.64 bits per heavy atom. The van der Waals surface area contributed by atoms with E-state index in [9.17, 15) is 4.79 Å². The van der Waals surface area contributed by atoms with Gasteiger partial charge in [-0.25, -0.2) is 4.68 Å². The maximum absolute atomic E-state index is 10.7. The van der Waals surface area contributed by atoms with Gasteiger partial charge in [0.15, 0.2) is 6.19 Å². The second-order valence-electron chi connectivity index (χ2n) is 1.76. The number of hydrogen-bond donors (Lipinski definition) is 1. The van der Waals surface area contributed by atoms with E-state index < -0.39 is 5.91 Å². The molecule has 1 heterocycles. The molecule has 0 spiro atoms. The molecule has 0 aliphatic heterocycles. The number of nitrogens with zero attached hydrogens (tertiary/aromatic N) is 4. The summed E-state index contributed by atoms with van der Waals surface area (Å²) in [4.78, 5) is 10.7. The van der Waals surface area contributed by atoms with Crippen LogP contribution in [0.3, 0.4) is 0 Å². The zero-order valence-corrected chi connectivity index (χ0v) is 5.56. The van der Waals surface area contributed by atoms with Crippen molar-refractivity contribution in [1.82, 2.24) is 20.3 Å². The van der Waals surface area contributed by atoms with Gasteiger partial charge in [-0.3, -0.25) is 10.1 Å². The minimum absolute atomic E-state index is 0.0214. The summed E-state index contributed by atoms with van der Waals surface area (Å²) in [6.07, 6.45) is 4.52. The van der Waals surface area contributed by atoms with Crippen LogP contribution >= 0.6 is 0 Å². The molecule has 1 N–H and O–H groups in total. The van der Waals surface area contributed by atoms with Crippen LogP contribution in [0.4, 0.5) is 0 Å². The van der Waals surface area contributed by atoms with Gasteiger partial charge in [0.1, 0.15) is 6.54 Å². The lowest BCUT2D eigenvalue weighted by molar-refractivity contribution is -0.120. The Bertz CT molecular complexity index is 272. The number of carbonyl (C=O) groups is 1. The van der Waals surface area contributed by atoms with Crippen LogP contribution in [0.25, 0.3) is 0 Å². The van der Waals surface area contributed by atoms with E-state index in [2.05, 4.69) is 10.3 Å². The van der Waals surface area contributed by atoms with Crippen LogP contribution < -0.4 is 5.32 Å². The highest BCUT2D eigenvalue weighted by Crippen LogP contribution is 1.79. The Balaban J connectivity index is 2.45. The Morgan fingerprint density at radius 1 is 1.82 bits per heavy atom. The zero-order chi connectivity index (χ0) is 8.10. The van der Waals surface area contributed by atoms with Gasteiger partial charge in [0.05, 0.1) is 6.20 Å². The predicted octanol–water partition coefficient (Wildman–Crippen LogP) is -1.12. The van der Waals surface area contributed by atoms with Crippen LogP contribution in [0.1, 0.15) is 0 Å². The maximum Gasteiger partial charge on any atom is 0.254 e. The maximum atomic E-state index is 10.7. The van der Waals surface area contributed by atoms with E-state index in [0.717, 1.165) is 0 Å². The molecule has 1 aromatic heterocycles. The Kier molecular flexibility index (Phi) is 2.17. The number of hydrogen-bond acceptors (Lipinski definition) is 4. The van der Waals surface area contributed by atoms with Crippen molar-refractivity contribution in [3.05, 3.63) is 12.4 Å². The molecule has 0 bridgehead atoms. The number of rotatable bonds is 2. The lowest BCUT2D eigenvalue weighted by Gasteiger charge is -1.94. The molecule has 0 unspecified atom stereocenters. The second kappa shape index (κ2) is 3.31. The van der Waals surface area contributed by atoms with E-state index in [0.29, 0.717) is 0 Å². The van der Waals surface area contributed by atoms with Gasteiger partial charge in [0, 0.05) is 6.20 Å². The van der Waals surface area contributed by atoms with E-state index in [1.807, 2.05) is 5.32 Å². The van der Waals surface area contributed by atoms with Gasteiger partial charge in [-0.05, 0) is 0 Å². The fourth-order valence-corrected chi connectivity index (χ4v) is 0.566. The predicted molar refractivity (Wildman–Crippen MR) is 33.8 cm³/mol. The molecule has 1 amide bonds. The van der Waals surface area contributed by atoms with E-state index in [1.54, 1.807) is 0 Å². The normalized spacial score (nSPS) is 8.64. The summed E-state index contributed by atoms with van der Waals surface area (Å²) < 4.78 is 1.33. The summed E-state index contributed by atoms with van der Waals surface area (Å²) in [6, 6.07) is 0. The molecule has 1 aromatic rings. The molecule has 0 aromatic carbocycles. The summed E-state index contributed by atoms with van der Waals surface area (Å²) in [5, 5.41) is 17.0. The number of nitrogens with one attached hydrogen (secondary N) is 1. The minimum atomic E-state index is -0.405. The minimum Gasteiger partial charge on any atom is -0.272 e. The summed E-state index contributed by atoms with van der Waals surface area (Å²) in [6.45, 7) is 0.0214. The highest BCUT2D eigenvalue weighted by molar-refractivity contribution is 5.76. The summed E-state index contributed by atoms with van der Waals surface area (Å²) in [5.41, 5.74) is 0. The average molecular weight is 151 g/mol. The monoisotopic (exact) mass is 151 g/mol. The van der Waals surface area contributed by atoms with Gasteiger partial charge in [-0.2, -0.15) is 5.26 Å². The highest BCUT2D eigenvalue weighted by atomic mass is 16.2. The van der Waals surface area contributed by atoms with Gasteiger partial charge in [-0.1, -0.05) is 5.21 Å². The largest absolute Gasteiger partial charge is 0.272 e. The molecular weight excluding hydrogens is 146 g/mol. The molecule has 0 fully saturated rings. The first-order valence-electron chi connectivity index (χ1n) is 2.85. The standard InChI is InChI=1S/C5H5N5O/c6-4-7-5(11)3-10-2-1-8-9-10/h1-2H,3H2,(H,7,11). The summed E-state index contributed by atoms with van der Waals surface area (Å²) >= 11 is 0. The fourth-order valence-electron chi connectivity index (χ4n) is 0.566. The Morgan fingerprint density at radius 3 is 3.18 bits per heavy atom. The Hall–Kier alpha value is -1.90. The first kappa shape index (κ1) is 7.21. The second-order valence-corrected chi connectivity index (χ2v) is 1.76. The third-order valence-corrected chi connectivity index (χ3v) is 0.973. The van der Waals surface area contributed by atoms with Crippen LogP contribution in [0.15, 0.2) is 12.4 Å². The molecule has 56 valence electrons. The molecule has 0 saturated carbocycles. The van der Waals surface area contributed by atoms with Crippen LogP contribution in [0.5, 0.6) is 0 Å². The van der Waals surface area contributed by atoms with Gasteiger partial charge < -0.3 is 0 Å². The lowest BCUT2D eigenvalue weighted by Crippen LogP contribution is -2.23. The van der Waals surface area contributed by atoms with Gasteiger partial charge in [0.2, 0.25) is 0 Å². The van der Waals surface area contributed by atoms with Crippen molar-refractivity contribution in [2.24, 2.45) is 0 Å². The molecule has 0 saturated heterocycles. The van der Waals surface area contributed by atoms with Crippen LogP contribution in [-0.2, 0) is 11.3 Å². The first-order chi connectivity index (χ1) is 5.33. The van der Waals surface area contributed by atoms with Crippen LogP contribution in [-0.4, -0.2) is 20.9 Å². The smallest absolute Gasteiger partial charge is 0.254 e. The van der Waals surface area contributed by atoms with Gasteiger partial charge >= 0.3 is 0 Å². The third kappa shape index (κ3) is 2.06. The fraction of sp³-hybridized carbons (Fsp3) is 0.200. The quantitative estimate of drug-likeness (QED) is 0.428. The van der Waals surface area contributed by atoms with Gasteiger partial charge in [0.25, 0.3) is 5.91 Å². The van der Waals surface area contributed by atoms with E-state index in [4.69, 9.17) is 5.26 Å². The molecular formula is C5H5N5O. The Labute approximate surface area is 62.4 Å². The molecule has 6 nitrogen and oxygen atoms in total. The SMILES string of the molecule is N#CNC(=O)Cn1ccnn1. The van der Waals surface area contributed by atoms with Crippen LogP contribution in [0, 0.1) is 11.5 Å². The van der Waals surface area contributed by atoms with Crippen molar-refractivity contribution in [3.63, 3.8) is 0 Å². The highest BCUT2D eigenvalue weighted by Gasteiger charge is 1.99. The molecule has 6 heteroatoms. The molecule has 0 atom stereocenters. The van der Waals surface area contributed by atoms with Gasteiger partial charge in [-0.15, -0.1) is 5.10 Å². The number of carbonyl (C=O) groups excluding carboxylic acids is 1. The molecule has 1 rings (SSSR count). The third-order valence-electron chi connectivity index (χ3n) is 0.973. The van der Waals surface area contributed by atoms with Crippen LogP contribution in [0.2, 0.25) is 0 Å². The van der Waals surface area contributed by atoms with Crippen molar-refractivity contribution >= 4 is 5.91 Å².